The smallest absolute Gasteiger partial charge is 0.275 e. The monoisotopic (exact) mass is 542 g/mol. The SMILES string of the molecule is C.Cc1cccc(S(=O)(=O)Nc2ccc(C)n(CC(=O)NCCON(Cc3ccccc3)C(=N)N)c2=O)c1. The lowest BCUT2D eigenvalue weighted by Crippen LogP contribution is -2.39. The summed E-state index contributed by atoms with van der Waals surface area (Å²) in [5.41, 5.74) is 6.91. The first kappa shape index (κ1) is 30.1. The van der Waals surface area contributed by atoms with Gasteiger partial charge in [0, 0.05) is 12.2 Å². The van der Waals surface area contributed by atoms with Gasteiger partial charge in [-0.1, -0.05) is 49.9 Å². The Bertz CT molecular complexity index is 1420. The number of carbonyl (C=O) groups is 1. The van der Waals surface area contributed by atoms with E-state index in [2.05, 4.69) is 10.0 Å². The van der Waals surface area contributed by atoms with Crippen molar-refractivity contribution in [1.82, 2.24) is 14.9 Å². The number of anilines is 1. The van der Waals surface area contributed by atoms with Crippen molar-refractivity contribution < 1.29 is 18.0 Å². The maximum atomic E-state index is 13.0. The molecule has 12 heteroatoms. The van der Waals surface area contributed by atoms with Gasteiger partial charge in [0.1, 0.15) is 12.2 Å². The number of nitrogens with zero attached hydrogens (tertiary/aromatic N) is 2. The van der Waals surface area contributed by atoms with Gasteiger partial charge >= 0.3 is 0 Å². The first-order valence-electron chi connectivity index (χ1n) is 11.4. The third kappa shape index (κ3) is 8.18. The molecule has 3 rings (SSSR count). The minimum absolute atomic E-state index is 0. The van der Waals surface area contributed by atoms with E-state index in [0.717, 1.165) is 11.1 Å². The molecule has 38 heavy (non-hydrogen) atoms. The van der Waals surface area contributed by atoms with Crippen LogP contribution in [-0.4, -0.2) is 43.1 Å². The minimum atomic E-state index is -3.98. The van der Waals surface area contributed by atoms with E-state index in [1.54, 1.807) is 32.0 Å². The Morgan fingerprint density at radius 2 is 1.79 bits per heavy atom. The average Bonchev–Trinajstić information content (AvgIpc) is 2.86. The number of rotatable bonds is 11. The third-order valence-corrected chi connectivity index (χ3v) is 6.71. The lowest BCUT2D eigenvalue weighted by Gasteiger charge is -2.22. The van der Waals surface area contributed by atoms with Crippen molar-refractivity contribution in [3.63, 3.8) is 0 Å². The molecule has 0 aliphatic heterocycles. The molecule has 1 heterocycles. The van der Waals surface area contributed by atoms with Crippen molar-refractivity contribution >= 4 is 27.6 Å². The first-order valence-corrected chi connectivity index (χ1v) is 12.9. The zero-order chi connectivity index (χ0) is 27.0. The van der Waals surface area contributed by atoms with E-state index in [0.29, 0.717) is 5.69 Å². The third-order valence-electron chi connectivity index (χ3n) is 5.35. The van der Waals surface area contributed by atoms with Gasteiger partial charge in [-0.3, -0.25) is 24.6 Å². The molecule has 0 atom stereocenters. The van der Waals surface area contributed by atoms with Gasteiger partial charge in [0.2, 0.25) is 11.9 Å². The van der Waals surface area contributed by atoms with Crippen molar-refractivity contribution in [2.75, 3.05) is 17.9 Å². The van der Waals surface area contributed by atoms with Crippen molar-refractivity contribution in [3.05, 3.63) is 93.9 Å². The highest BCUT2D eigenvalue weighted by Gasteiger charge is 2.18. The second kappa shape index (κ2) is 13.4. The van der Waals surface area contributed by atoms with Crippen LogP contribution in [0.25, 0.3) is 0 Å². The number of aryl methyl sites for hydroxylation is 2. The molecular formula is C26H34N6O5S. The number of pyridine rings is 1. The molecule has 1 aromatic heterocycles. The molecule has 0 bridgehead atoms. The summed E-state index contributed by atoms with van der Waals surface area (Å²) in [6, 6.07) is 18.6. The van der Waals surface area contributed by atoms with Crippen molar-refractivity contribution in [2.24, 2.45) is 5.73 Å². The number of guanidine groups is 1. The normalized spacial score (nSPS) is 10.8. The second-order valence-corrected chi connectivity index (χ2v) is 9.97. The molecule has 11 nitrogen and oxygen atoms in total. The Morgan fingerprint density at radius 3 is 2.45 bits per heavy atom. The minimum Gasteiger partial charge on any atom is -0.368 e. The Balaban J connectivity index is 0.00000507. The fourth-order valence-corrected chi connectivity index (χ4v) is 4.59. The zero-order valence-electron chi connectivity index (χ0n) is 20.6. The lowest BCUT2D eigenvalue weighted by atomic mass is 10.2. The van der Waals surface area contributed by atoms with Crippen LogP contribution in [0, 0.1) is 19.3 Å². The summed E-state index contributed by atoms with van der Waals surface area (Å²) in [7, 11) is -3.98. The van der Waals surface area contributed by atoms with Crippen LogP contribution in [0.2, 0.25) is 0 Å². The molecule has 2 aromatic carbocycles. The zero-order valence-corrected chi connectivity index (χ0v) is 21.4. The van der Waals surface area contributed by atoms with E-state index < -0.39 is 21.5 Å². The van der Waals surface area contributed by atoms with Crippen molar-refractivity contribution in [1.29, 1.82) is 5.41 Å². The second-order valence-electron chi connectivity index (χ2n) is 8.29. The van der Waals surface area contributed by atoms with E-state index in [1.807, 2.05) is 30.3 Å². The number of hydrogen-bond acceptors (Lipinski definition) is 6. The van der Waals surface area contributed by atoms with Crippen LogP contribution in [0.3, 0.4) is 0 Å². The fourth-order valence-electron chi connectivity index (χ4n) is 3.43. The summed E-state index contributed by atoms with van der Waals surface area (Å²) < 4.78 is 29.0. The van der Waals surface area contributed by atoms with E-state index in [1.165, 1.54) is 27.8 Å². The largest absolute Gasteiger partial charge is 0.368 e. The van der Waals surface area contributed by atoms with E-state index in [-0.39, 0.29) is 50.2 Å². The number of hydroxylamine groups is 2. The highest BCUT2D eigenvalue weighted by molar-refractivity contribution is 7.92. The van der Waals surface area contributed by atoms with Crippen LogP contribution >= 0.6 is 0 Å². The van der Waals surface area contributed by atoms with Crippen LogP contribution in [0.1, 0.15) is 24.2 Å². The van der Waals surface area contributed by atoms with Gasteiger partial charge in [-0.05, 0) is 49.2 Å². The van der Waals surface area contributed by atoms with Crippen LogP contribution in [0.5, 0.6) is 0 Å². The summed E-state index contributed by atoms with van der Waals surface area (Å²) in [4.78, 5) is 31.0. The summed E-state index contributed by atoms with van der Waals surface area (Å²) in [5.74, 6) is -0.743. The highest BCUT2D eigenvalue weighted by atomic mass is 32.2. The van der Waals surface area contributed by atoms with Crippen LogP contribution in [-0.2, 0) is 32.7 Å². The Morgan fingerprint density at radius 1 is 1.08 bits per heavy atom. The molecule has 0 unspecified atom stereocenters. The number of benzene rings is 2. The van der Waals surface area contributed by atoms with Crippen molar-refractivity contribution in [2.45, 2.75) is 39.3 Å². The van der Waals surface area contributed by atoms with Crippen LogP contribution < -0.4 is 21.3 Å². The van der Waals surface area contributed by atoms with Gasteiger partial charge in [0.05, 0.1) is 18.0 Å². The highest BCUT2D eigenvalue weighted by Crippen LogP contribution is 2.15. The Labute approximate surface area is 222 Å². The standard InChI is InChI=1S/C25H30N6O5S.CH4/c1-18-7-6-10-21(15-18)37(34,35)29-22-12-11-19(2)30(24(22)33)17-23(32)28-13-14-36-31(25(26)27)16-20-8-4-3-5-9-20;/h3-12,15,29H,13-14,16-17H2,1-2H3,(H3,26,27)(H,28,32);1H4. The molecule has 0 spiro atoms. The average molecular weight is 543 g/mol. The summed E-state index contributed by atoms with van der Waals surface area (Å²) >= 11 is 0. The quantitative estimate of drug-likeness (QED) is 0.125. The summed E-state index contributed by atoms with van der Waals surface area (Å²) in [6.45, 7) is 3.51. The fraction of sp³-hybridized carbons (Fsp3) is 0.269. The predicted octanol–water partition coefficient (Wildman–Crippen LogP) is 2.35. The topological polar surface area (TPSA) is 160 Å². The van der Waals surface area contributed by atoms with Gasteiger partial charge in [-0.15, -0.1) is 0 Å². The molecule has 0 saturated carbocycles. The van der Waals surface area contributed by atoms with Gasteiger partial charge in [-0.25, -0.2) is 13.5 Å². The summed E-state index contributed by atoms with van der Waals surface area (Å²) in [5, 5.41) is 11.5. The number of sulfonamides is 1. The van der Waals surface area contributed by atoms with E-state index in [9.17, 15) is 18.0 Å². The molecule has 0 aliphatic rings. The molecular weight excluding hydrogens is 508 g/mol. The summed E-state index contributed by atoms with van der Waals surface area (Å²) in [6.07, 6.45) is 0. The van der Waals surface area contributed by atoms with Gasteiger partial charge < -0.3 is 15.6 Å². The van der Waals surface area contributed by atoms with Crippen LogP contribution in [0.4, 0.5) is 5.69 Å². The van der Waals surface area contributed by atoms with Gasteiger partial charge in [-0.2, -0.15) is 0 Å². The maximum absolute atomic E-state index is 13.0. The van der Waals surface area contributed by atoms with Gasteiger partial charge in [0.15, 0.2) is 0 Å². The number of aromatic nitrogens is 1. The maximum Gasteiger partial charge on any atom is 0.275 e. The lowest BCUT2D eigenvalue weighted by molar-refractivity contribution is -0.125. The van der Waals surface area contributed by atoms with E-state index >= 15 is 0 Å². The predicted molar refractivity (Wildman–Crippen MR) is 147 cm³/mol. The number of nitrogens with two attached hydrogens (primary N) is 1. The van der Waals surface area contributed by atoms with Crippen molar-refractivity contribution in [3.8, 4) is 0 Å². The molecule has 0 fully saturated rings. The molecule has 1 amide bonds. The molecule has 0 saturated heterocycles. The van der Waals surface area contributed by atoms with Gasteiger partial charge in [0.25, 0.3) is 15.6 Å². The molecule has 0 radical (unpaired) electrons. The molecule has 204 valence electrons. The van der Waals surface area contributed by atoms with E-state index in [4.69, 9.17) is 16.0 Å². The Hall–Kier alpha value is -4.16. The number of amides is 1. The number of hydrogen-bond donors (Lipinski definition) is 4. The number of carbonyl (C=O) groups excluding carboxylic acids is 1. The molecule has 0 aliphatic carbocycles. The molecule has 5 N–H and O–H groups in total. The van der Waals surface area contributed by atoms with Crippen LogP contribution in [0.15, 0.2) is 76.4 Å². The molecule has 3 aromatic rings. The Kier molecular flexibility index (Phi) is 10.6. The first-order chi connectivity index (χ1) is 17.6. The number of nitrogens with one attached hydrogen (secondary N) is 3.